The van der Waals surface area contributed by atoms with Gasteiger partial charge in [-0.15, -0.1) is 0 Å². The molecule has 1 N–H and O–H groups in total. The van der Waals surface area contributed by atoms with Crippen molar-refractivity contribution in [2.75, 3.05) is 13.7 Å². The maximum absolute atomic E-state index is 5.26. The minimum atomic E-state index is 0.540. The second-order valence-corrected chi connectivity index (χ2v) is 5.06. The maximum Gasteiger partial charge on any atom is 0.132 e. The lowest BCUT2D eigenvalue weighted by molar-refractivity contribution is 0.404. The van der Waals surface area contributed by atoms with E-state index in [0.717, 1.165) is 12.3 Å². The van der Waals surface area contributed by atoms with Crippen molar-refractivity contribution in [3.8, 4) is 5.75 Å². The predicted molar refractivity (Wildman–Crippen MR) is 70.3 cm³/mol. The molecule has 1 saturated heterocycles. The number of hydrogen-bond acceptors (Lipinski definition) is 2. The SMILES string of the molecule is COc1ccc([C@@H]2CCCCN2)cc1I. The smallest absolute Gasteiger partial charge is 0.132 e. The molecule has 15 heavy (non-hydrogen) atoms. The van der Waals surface area contributed by atoms with Gasteiger partial charge in [0.25, 0.3) is 0 Å². The average Bonchev–Trinajstić information content (AvgIpc) is 2.30. The third-order valence-corrected chi connectivity index (χ3v) is 3.73. The van der Waals surface area contributed by atoms with Crippen molar-refractivity contribution in [2.45, 2.75) is 25.3 Å². The van der Waals surface area contributed by atoms with Crippen molar-refractivity contribution in [2.24, 2.45) is 0 Å². The lowest BCUT2D eigenvalue weighted by Gasteiger charge is -2.24. The van der Waals surface area contributed by atoms with E-state index >= 15 is 0 Å². The van der Waals surface area contributed by atoms with E-state index in [2.05, 4.69) is 46.1 Å². The summed E-state index contributed by atoms with van der Waals surface area (Å²) >= 11 is 2.33. The van der Waals surface area contributed by atoms with E-state index in [1.54, 1.807) is 7.11 Å². The van der Waals surface area contributed by atoms with Crippen LogP contribution in [0.3, 0.4) is 0 Å². The molecule has 82 valence electrons. The van der Waals surface area contributed by atoms with Gasteiger partial charge in [0.15, 0.2) is 0 Å². The fourth-order valence-corrected chi connectivity index (χ4v) is 2.80. The summed E-state index contributed by atoms with van der Waals surface area (Å²) in [6, 6.07) is 7.00. The Hall–Kier alpha value is -0.290. The molecule has 1 aliphatic heterocycles. The molecule has 1 heterocycles. The van der Waals surface area contributed by atoms with Crippen LogP contribution in [0.5, 0.6) is 5.75 Å². The van der Waals surface area contributed by atoms with Crippen LogP contribution in [0, 0.1) is 3.57 Å². The summed E-state index contributed by atoms with van der Waals surface area (Å²) in [5.74, 6) is 0.968. The van der Waals surface area contributed by atoms with Gasteiger partial charge in [-0.2, -0.15) is 0 Å². The molecule has 0 saturated carbocycles. The molecule has 0 aromatic heterocycles. The lowest BCUT2D eigenvalue weighted by Crippen LogP contribution is -2.26. The minimum Gasteiger partial charge on any atom is -0.496 e. The molecule has 1 aromatic carbocycles. The number of rotatable bonds is 2. The Bertz CT molecular complexity index is 334. The van der Waals surface area contributed by atoms with E-state index in [9.17, 15) is 0 Å². The highest BCUT2D eigenvalue weighted by atomic mass is 127. The first-order valence-electron chi connectivity index (χ1n) is 5.38. The first-order valence-corrected chi connectivity index (χ1v) is 6.46. The molecule has 0 bridgehead atoms. The zero-order valence-electron chi connectivity index (χ0n) is 8.92. The standard InChI is InChI=1S/C12H16INO/c1-15-12-6-5-9(8-10(12)13)11-4-2-3-7-14-11/h5-6,8,11,14H,2-4,7H2,1H3/t11-/m0/s1. The molecular weight excluding hydrogens is 301 g/mol. The van der Waals surface area contributed by atoms with Crippen molar-refractivity contribution in [1.29, 1.82) is 0 Å². The molecule has 2 nitrogen and oxygen atoms in total. The third kappa shape index (κ3) is 2.64. The number of benzene rings is 1. The summed E-state index contributed by atoms with van der Waals surface area (Å²) in [5, 5.41) is 3.56. The molecule has 1 fully saturated rings. The molecular formula is C12H16INO. The van der Waals surface area contributed by atoms with Crippen LogP contribution < -0.4 is 10.1 Å². The predicted octanol–water partition coefficient (Wildman–Crippen LogP) is 3.11. The number of methoxy groups -OCH3 is 1. The quantitative estimate of drug-likeness (QED) is 0.846. The van der Waals surface area contributed by atoms with E-state index < -0.39 is 0 Å². The van der Waals surface area contributed by atoms with Crippen LogP contribution >= 0.6 is 22.6 Å². The van der Waals surface area contributed by atoms with Crippen LogP contribution in [0.25, 0.3) is 0 Å². The molecule has 0 aliphatic carbocycles. The van der Waals surface area contributed by atoms with Gasteiger partial charge in [0.05, 0.1) is 10.7 Å². The van der Waals surface area contributed by atoms with E-state index in [0.29, 0.717) is 6.04 Å². The summed E-state index contributed by atoms with van der Waals surface area (Å²) in [7, 11) is 1.72. The summed E-state index contributed by atoms with van der Waals surface area (Å²) < 4.78 is 6.45. The Balaban J connectivity index is 2.17. The van der Waals surface area contributed by atoms with Crippen LogP contribution in [-0.4, -0.2) is 13.7 Å². The van der Waals surface area contributed by atoms with Crippen molar-refractivity contribution in [3.05, 3.63) is 27.3 Å². The van der Waals surface area contributed by atoms with Gasteiger partial charge in [0.1, 0.15) is 5.75 Å². The fraction of sp³-hybridized carbons (Fsp3) is 0.500. The Morgan fingerprint density at radius 1 is 1.40 bits per heavy atom. The van der Waals surface area contributed by atoms with Gasteiger partial charge in [-0.05, 0) is 59.7 Å². The number of piperidine rings is 1. The molecule has 0 spiro atoms. The van der Waals surface area contributed by atoms with Crippen molar-refractivity contribution in [3.63, 3.8) is 0 Å². The molecule has 0 amide bonds. The first-order chi connectivity index (χ1) is 7.31. The van der Waals surface area contributed by atoms with Gasteiger partial charge in [-0.3, -0.25) is 0 Å². The second kappa shape index (κ2) is 5.16. The van der Waals surface area contributed by atoms with E-state index in [1.807, 2.05) is 0 Å². The van der Waals surface area contributed by atoms with Gasteiger partial charge in [0, 0.05) is 6.04 Å². The summed E-state index contributed by atoms with van der Waals surface area (Å²) in [6.45, 7) is 1.15. The molecule has 3 heteroatoms. The van der Waals surface area contributed by atoms with Crippen molar-refractivity contribution >= 4 is 22.6 Å². The van der Waals surface area contributed by atoms with Crippen LogP contribution in [0.4, 0.5) is 0 Å². The molecule has 1 atom stereocenters. The van der Waals surface area contributed by atoms with Gasteiger partial charge >= 0.3 is 0 Å². The third-order valence-electron chi connectivity index (χ3n) is 2.89. The van der Waals surface area contributed by atoms with Gasteiger partial charge in [-0.25, -0.2) is 0 Å². The van der Waals surface area contributed by atoms with Crippen molar-refractivity contribution in [1.82, 2.24) is 5.32 Å². The van der Waals surface area contributed by atoms with Gasteiger partial charge in [0.2, 0.25) is 0 Å². The van der Waals surface area contributed by atoms with Gasteiger partial charge in [-0.1, -0.05) is 12.5 Å². The Labute approximate surface area is 105 Å². The largest absolute Gasteiger partial charge is 0.496 e. The number of halogens is 1. The zero-order chi connectivity index (χ0) is 10.7. The number of ether oxygens (including phenoxy) is 1. The van der Waals surface area contributed by atoms with E-state index in [1.165, 1.54) is 28.4 Å². The Kier molecular flexibility index (Phi) is 3.86. The molecule has 0 unspecified atom stereocenters. The average molecular weight is 317 g/mol. The number of hydrogen-bond donors (Lipinski definition) is 1. The highest BCUT2D eigenvalue weighted by Crippen LogP contribution is 2.28. The lowest BCUT2D eigenvalue weighted by atomic mass is 9.98. The molecule has 0 radical (unpaired) electrons. The highest BCUT2D eigenvalue weighted by Gasteiger charge is 2.15. The maximum atomic E-state index is 5.26. The zero-order valence-corrected chi connectivity index (χ0v) is 11.1. The Morgan fingerprint density at radius 2 is 2.27 bits per heavy atom. The monoisotopic (exact) mass is 317 g/mol. The first kappa shape index (κ1) is 11.2. The van der Waals surface area contributed by atoms with E-state index in [-0.39, 0.29) is 0 Å². The Morgan fingerprint density at radius 3 is 2.87 bits per heavy atom. The normalized spacial score (nSPS) is 21.3. The molecule has 1 aliphatic rings. The minimum absolute atomic E-state index is 0.540. The summed E-state index contributed by atoms with van der Waals surface area (Å²) in [5.41, 5.74) is 1.39. The van der Waals surface area contributed by atoms with Crippen LogP contribution in [0.2, 0.25) is 0 Å². The number of nitrogens with one attached hydrogen (secondary N) is 1. The van der Waals surface area contributed by atoms with Crippen LogP contribution in [-0.2, 0) is 0 Å². The van der Waals surface area contributed by atoms with Crippen molar-refractivity contribution < 1.29 is 4.74 Å². The molecule has 1 aromatic rings. The molecule has 2 rings (SSSR count). The summed E-state index contributed by atoms with van der Waals surface area (Å²) in [4.78, 5) is 0. The van der Waals surface area contributed by atoms with Gasteiger partial charge < -0.3 is 10.1 Å². The van der Waals surface area contributed by atoms with E-state index in [4.69, 9.17) is 4.74 Å². The van der Waals surface area contributed by atoms with Crippen LogP contribution in [0.1, 0.15) is 30.9 Å². The second-order valence-electron chi connectivity index (χ2n) is 3.90. The summed E-state index contributed by atoms with van der Waals surface area (Å²) in [6.07, 6.45) is 3.90. The fourth-order valence-electron chi connectivity index (χ4n) is 2.04. The highest BCUT2D eigenvalue weighted by molar-refractivity contribution is 14.1. The topological polar surface area (TPSA) is 21.3 Å². The van der Waals surface area contributed by atoms with Crippen LogP contribution in [0.15, 0.2) is 18.2 Å².